The van der Waals surface area contributed by atoms with Crippen molar-refractivity contribution in [1.82, 2.24) is 5.32 Å². The number of alkyl carbamates (subject to hydrolysis) is 1. The first-order valence-electron chi connectivity index (χ1n) is 8.90. The molecule has 0 aromatic carbocycles. The van der Waals surface area contributed by atoms with Crippen LogP contribution in [-0.2, 0) is 14.3 Å². The van der Waals surface area contributed by atoms with Crippen LogP contribution in [0.5, 0.6) is 0 Å². The van der Waals surface area contributed by atoms with Crippen LogP contribution in [0.3, 0.4) is 0 Å². The average Bonchev–Trinajstić information content (AvgIpc) is 2.86. The smallest absolute Gasteiger partial charge is 0.412 e. The molecule has 0 spiro atoms. The van der Waals surface area contributed by atoms with E-state index in [1.54, 1.807) is 47.6 Å². The molecule has 0 radical (unpaired) electrons. The zero-order valence-corrected chi connectivity index (χ0v) is 16.0. The molecular formula is C19H33NO4. The number of nitrogens with one attached hydrogen (secondary N) is 1. The molecular weight excluding hydrogens is 306 g/mol. The van der Waals surface area contributed by atoms with Gasteiger partial charge in [-0.3, -0.25) is 5.32 Å². The van der Waals surface area contributed by atoms with Gasteiger partial charge in [0.1, 0.15) is 16.9 Å². The van der Waals surface area contributed by atoms with E-state index in [0.29, 0.717) is 0 Å². The summed E-state index contributed by atoms with van der Waals surface area (Å²) in [5, 5.41) is 2.55. The lowest BCUT2D eigenvalue weighted by Crippen LogP contribution is -2.36. The van der Waals surface area contributed by atoms with Crippen LogP contribution in [0.2, 0.25) is 0 Å². The largest absolute Gasteiger partial charge is 0.455 e. The molecule has 0 aromatic rings. The van der Waals surface area contributed by atoms with Crippen LogP contribution >= 0.6 is 0 Å². The highest BCUT2D eigenvalue weighted by atomic mass is 16.6. The van der Waals surface area contributed by atoms with Gasteiger partial charge in [0.05, 0.1) is 0 Å². The van der Waals surface area contributed by atoms with Crippen molar-refractivity contribution in [2.45, 2.75) is 91.3 Å². The van der Waals surface area contributed by atoms with Crippen molar-refractivity contribution in [2.75, 3.05) is 0 Å². The van der Waals surface area contributed by atoms with Crippen LogP contribution in [0.15, 0.2) is 11.8 Å². The molecule has 1 N–H and O–H groups in total. The molecule has 1 aliphatic carbocycles. The number of ether oxygens (including phenoxy) is 2. The van der Waals surface area contributed by atoms with Gasteiger partial charge in [0.15, 0.2) is 0 Å². The predicted molar refractivity (Wildman–Crippen MR) is 94.5 cm³/mol. The molecule has 0 unspecified atom stereocenters. The van der Waals surface area contributed by atoms with Crippen molar-refractivity contribution in [1.29, 1.82) is 0 Å². The van der Waals surface area contributed by atoms with Gasteiger partial charge in [0.25, 0.3) is 0 Å². The molecule has 1 aliphatic rings. The number of hydrogen-bond donors (Lipinski definition) is 1. The molecule has 0 saturated heterocycles. The first kappa shape index (κ1) is 20.5. The molecule has 5 nitrogen and oxygen atoms in total. The summed E-state index contributed by atoms with van der Waals surface area (Å²) in [6, 6.07) is 0. The number of hydrogen-bond acceptors (Lipinski definition) is 4. The third-order valence-electron chi connectivity index (χ3n) is 3.65. The Morgan fingerprint density at radius 2 is 1.54 bits per heavy atom. The number of amides is 1. The lowest BCUT2D eigenvalue weighted by atomic mass is 10.0. The molecule has 0 bridgehead atoms. The normalized spacial score (nSPS) is 16.8. The van der Waals surface area contributed by atoms with Crippen LogP contribution in [0.4, 0.5) is 4.79 Å². The molecule has 1 saturated carbocycles. The van der Waals surface area contributed by atoms with E-state index in [-0.39, 0.29) is 5.70 Å². The monoisotopic (exact) mass is 339 g/mol. The second-order valence-electron chi connectivity index (χ2n) is 8.47. The highest BCUT2D eigenvalue weighted by Crippen LogP contribution is 2.28. The Morgan fingerprint density at radius 1 is 1.00 bits per heavy atom. The summed E-state index contributed by atoms with van der Waals surface area (Å²) in [7, 11) is 0. The fourth-order valence-corrected chi connectivity index (χ4v) is 2.69. The van der Waals surface area contributed by atoms with Crippen molar-refractivity contribution in [3.05, 3.63) is 11.8 Å². The van der Waals surface area contributed by atoms with Gasteiger partial charge in [-0.15, -0.1) is 0 Å². The van der Waals surface area contributed by atoms with Crippen LogP contribution in [0.1, 0.15) is 80.1 Å². The van der Waals surface area contributed by atoms with Gasteiger partial charge in [0.2, 0.25) is 0 Å². The maximum Gasteiger partial charge on any atom is 0.412 e. The van der Waals surface area contributed by atoms with E-state index in [1.165, 1.54) is 25.7 Å². The van der Waals surface area contributed by atoms with Gasteiger partial charge >= 0.3 is 12.1 Å². The Bertz CT molecular complexity index is 463. The molecule has 0 atom stereocenters. The van der Waals surface area contributed by atoms with Crippen molar-refractivity contribution in [3.8, 4) is 0 Å². The fraction of sp³-hybridized carbons (Fsp3) is 0.789. The van der Waals surface area contributed by atoms with Crippen LogP contribution in [0, 0.1) is 5.92 Å². The predicted octanol–water partition coefficient (Wildman–Crippen LogP) is 4.71. The quantitative estimate of drug-likeness (QED) is 0.582. The summed E-state index contributed by atoms with van der Waals surface area (Å²) in [6.45, 7) is 10.7. The van der Waals surface area contributed by atoms with E-state index in [1.807, 2.05) is 0 Å². The van der Waals surface area contributed by atoms with Crippen LogP contribution in [-0.4, -0.2) is 23.3 Å². The van der Waals surface area contributed by atoms with Gasteiger partial charge < -0.3 is 9.47 Å². The summed E-state index contributed by atoms with van der Waals surface area (Å²) in [6.07, 6.45) is 8.01. The zero-order valence-electron chi connectivity index (χ0n) is 16.0. The van der Waals surface area contributed by atoms with Gasteiger partial charge in [-0.2, -0.15) is 0 Å². The Hall–Kier alpha value is -1.52. The standard InChI is InChI=1S/C19H33NO4/c1-18(2,3)23-16(21)15(20-17(22)24-19(4,5)6)13-9-12-14-10-7-8-11-14/h13-14H,7-12H2,1-6H3,(H,20,22)/b15-13-. The molecule has 138 valence electrons. The number of carbonyl (C=O) groups excluding carboxylic acids is 2. The summed E-state index contributed by atoms with van der Waals surface area (Å²) < 4.78 is 10.6. The second kappa shape index (κ2) is 8.54. The summed E-state index contributed by atoms with van der Waals surface area (Å²) in [5.74, 6) is 0.197. The lowest BCUT2D eigenvalue weighted by Gasteiger charge is -2.23. The highest BCUT2D eigenvalue weighted by molar-refractivity contribution is 5.92. The van der Waals surface area contributed by atoms with Gasteiger partial charge in [-0.05, 0) is 60.3 Å². The molecule has 0 heterocycles. The summed E-state index contributed by atoms with van der Waals surface area (Å²) in [5.41, 5.74) is -1.07. The molecule has 0 aromatic heterocycles. The van der Waals surface area contributed by atoms with E-state index < -0.39 is 23.3 Å². The second-order valence-corrected chi connectivity index (χ2v) is 8.47. The van der Waals surface area contributed by atoms with E-state index in [0.717, 1.165) is 18.8 Å². The number of rotatable bonds is 5. The molecule has 5 heteroatoms. The Morgan fingerprint density at radius 3 is 2.04 bits per heavy atom. The number of carbonyl (C=O) groups is 2. The van der Waals surface area contributed by atoms with E-state index in [2.05, 4.69) is 5.32 Å². The third-order valence-corrected chi connectivity index (χ3v) is 3.65. The minimum absolute atomic E-state index is 0.164. The topological polar surface area (TPSA) is 64.6 Å². The highest BCUT2D eigenvalue weighted by Gasteiger charge is 2.24. The van der Waals surface area contributed by atoms with Gasteiger partial charge in [-0.25, -0.2) is 9.59 Å². The molecule has 1 rings (SSSR count). The zero-order chi connectivity index (χ0) is 18.4. The first-order valence-corrected chi connectivity index (χ1v) is 8.90. The fourth-order valence-electron chi connectivity index (χ4n) is 2.69. The van der Waals surface area contributed by atoms with Crippen molar-refractivity contribution >= 4 is 12.1 Å². The summed E-state index contributed by atoms with van der Waals surface area (Å²) in [4.78, 5) is 24.3. The molecule has 24 heavy (non-hydrogen) atoms. The molecule has 1 fully saturated rings. The minimum atomic E-state index is -0.638. The van der Waals surface area contributed by atoms with Crippen molar-refractivity contribution < 1.29 is 19.1 Å². The van der Waals surface area contributed by atoms with E-state index >= 15 is 0 Å². The number of allylic oxidation sites excluding steroid dienone is 1. The van der Waals surface area contributed by atoms with Crippen molar-refractivity contribution in [3.63, 3.8) is 0 Å². The van der Waals surface area contributed by atoms with E-state index in [4.69, 9.17) is 9.47 Å². The van der Waals surface area contributed by atoms with Gasteiger partial charge in [-0.1, -0.05) is 31.8 Å². The first-order chi connectivity index (χ1) is 11.0. The van der Waals surface area contributed by atoms with Gasteiger partial charge in [0, 0.05) is 0 Å². The lowest BCUT2D eigenvalue weighted by molar-refractivity contribution is -0.150. The number of esters is 1. The minimum Gasteiger partial charge on any atom is -0.455 e. The maximum absolute atomic E-state index is 12.3. The van der Waals surface area contributed by atoms with Crippen molar-refractivity contribution in [2.24, 2.45) is 5.92 Å². The molecule has 0 aliphatic heterocycles. The Labute approximate surface area is 146 Å². The average molecular weight is 339 g/mol. The van der Waals surface area contributed by atoms with Crippen LogP contribution < -0.4 is 5.32 Å². The molecule has 1 amide bonds. The Kier molecular flexibility index (Phi) is 7.30. The third kappa shape index (κ3) is 8.94. The van der Waals surface area contributed by atoms with E-state index in [9.17, 15) is 9.59 Å². The Balaban J connectivity index is 2.69. The summed E-state index contributed by atoms with van der Waals surface area (Å²) >= 11 is 0. The van der Waals surface area contributed by atoms with Crippen LogP contribution in [0.25, 0.3) is 0 Å². The SMILES string of the molecule is CC(C)(C)OC(=O)N/C(=C\CCC1CCCC1)C(=O)OC(C)(C)C. The maximum atomic E-state index is 12.3.